The minimum absolute atomic E-state index is 0.302. The van der Waals surface area contributed by atoms with E-state index < -0.39 is 0 Å². The van der Waals surface area contributed by atoms with Crippen LogP contribution >= 0.6 is 0 Å². The van der Waals surface area contributed by atoms with Crippen LogP contribution in [-0.4, -0.2) is 20.8 Å². The molecule has 1 aromatic rings. The highest BCUT2D eigenvalue weighted by Crippen LogP contribution is 2.51. The molecule has 94 valence electrons. The van der Waals surface area contributed by atoms with Gasteiger partial charge in [0.25, 0.3) is 0 Å². The van der Waals surface area contributed by atoms with Crippen molar-refractivity contribution in [2.24, 2.45) is 24.6 Å². The van der Waals surface area contributed by atoms with E-state index in [0.29, 0.717) is 17.9 Å². The molecule has 1 heterocycles. The molecule has 0 saturated heterocycles. The molecule has 0 amide bonds. The lowest BCUT2D eigenvalue weighted by Crippen LogP contribution is -2.35. The summed E-state index contributed by atoms with van der Waals surface area (Å²) in [4.78, 5) is 4.73. The highest BCUT2D eigenvalue weighted by atomic mass is 15.3. The lowest BCUT2D eigenvalue weighted by atomic mass is 9.84. The van der Waals surface area contributed by atoms with Crippen LogP contribution in [0.4, 0.5) is 0 Å². The fourth-order valence-corrected chi connectivity index (χ4v) is 3.67. The van der Waals surface area contributed by atoms with Gasteiger partial charge in [0.05, 0.1) is 0 Å². The summed E-state index contributed by atoms with van der Waals surface area (Å²) in [5, 5.41) is 4.52. The Bertz CT molecular complexity index is 421. The van der Waals surface area contributed by atoms with Crippen LogP contribution < -0.4 is 5.73 Å². The Morgan fingerprint density at radius 1 is 1.29 bits per heavy atom. The van der Waals surface area contributed by atoms with Gasteiger partial charge in [-0.1, -0.05) is 13.8 Å². The standard InChI is InChI=1S/C13H22N4/c1-7(2)12-15-13(17(3)16-12)10-8-4-5-9(6-8)11(10)14/h7-11H,4-6,14H2,1-3H3. The maximum absolute atomic E-state index is 6.37. The maximum Gasteiger partial charge on any atom is 0.153 e. The van der Waals surface area contributed by atoms with E-state index in [1.807, 2.05) is 11.7 Å². The smallest absolute Gasteiger partial charge is 0.153 e. The number of fused-ring (bicyclic) bond motifs is 2. The number of aromatic nitrogens is 3. The molecule has 0 aliphatic heterocycles. The molecule has 4 heteroatoms. The molecule has 2 fully saturated rings. The molecule has 4 atom stereocenters. The second-order valence-electron chi connectivity index (χ2n) is 6.04. The van der Waals surface area contributed by atoms with Crippen LogP contribution in [0.1, 0.15) is 56.6 Å². The molecule has 2 aliphatic rings. The van der Waals surface area contributed by atoms with E-state index in [1.165, 1.54) is 19.3 Å². The summed E-state index contributed by atoms with van der Waals surface area (Å²) in [5.74, 6) is 4.39. The number of hydrogen-bond acceptors (Lipinski definition) is 3. The molecule has 2 N–H and O–H groups in total. The minimum atomic E-state index is 0.302. The van der Waals surface area contributed by atoms with Gasteiger partial charge in [-0.15, -0.1) is 0 Å². The summed E-state index contributed by atoms with van der Waals surface area (Å²) >= 11 is 0. The highest BCUT2D eigenvalue weighted by Gasteiger charge is 2.48. The Hall–Kier alpha value is -0.900. The maximum atomic E-state index is 6.37. The van der Waals surface area contributed by atoms with E-state index in [0.717, 1.165) is 23.5 Å². The van der Waals surface area contributed by atoms with Crippen LogP contribution in [0.2, 0.25) is 0 Å². The van der Waals surface area contributed by atoms with Crippen molar-refractivity contribution in [2.45, 2.75) is 51.0 Å². The molecule has 2 saturated carbocycles. The Balaban J connectivity index is 1.94. The van der Waals surface area contributed by atoms with Crippen LogP contribution in [0, 0.1) is 11.8 Å². The third-order valence-electron chi connectivity index (χ3n) is 4.61. The number of hydrogen-bond donors (Lipinski definition) is 1. The third kappa shape index (κ3) is 1.61. The van der Waals surface area contributed by atoms with E-state index in [4.69, 9.17) is 10.7 Å². The first-order valence-corrected chi connectivity index (χ1v) is 6.74. The zero-order valence-corrected chi connectivity index (χ0v) is 10.9. The largest absolute Gasteiger partial charge is 0.327 e. The number of aryl methyl sites for hydroxylation is 1. The van der Waals surface area contributed by atoms with E-state index in [1.54, 1.807) is 0 Å². The van der Waals surface area contributed by atoms with Crippen molar-refractivity contribution in [1.29, 1.82) is 0 Å². The van der Waals surface area contributed by atoms with Crippen molar-refractivity contribution in [3.63, 3.8) is 0 Å². The topological polar surface area (TPSA) is 56.7 Å². The van der Waals surface area contributed by atoms with Crippen LogP contribution in [0.15, 0.2) is 0 Å². The summed E-state index contributed by atoms with van der Waals surface area (Å²) in [6.45, 7) is 4.28. The Morgan fingerprint density at radius 3 is 2.53 bits per heavy atom. The quantitative estimate of drug-likeness (QED) is 0.848. The Morgan fingerprint density at radius 2 is 2.00 bits per heavy atom. The van der Waals surface area contributed by atoms with Gasteiger partial charge in [-0.2, -0.15) is 5.10 Å². The normalized spacial score (nSPS) is 36.1. The van der Waals surface area contributed by atoms with Gasteiger partial charge in [0.1, 0.15) is 5.82 Å². The van der Waals surface area contributed by atoms with Crippen molar-refractivity contribution in [1.82, 2.24) is 14.8 Å². The SMILES string of the molecule is CC(C)c1nc(C2C3CCC(C3)C2N)n(C)n1. The Kier molecular flexibility index (Phi) is 2.51. The average molecular weight is 234 g/mol. The van der Waals surface area contributed by atoms with E-state index in [2.05, 4.69) is 18.9 Å². The van der Waals surface area contributed by atoms with Gasteiger partial charge >= 0.3 is 0 Å². The zero-order valence-electron chi connectivity index (χ0n) is 10.9. The van der Waals surface area contributed by atoms with Crippen molar-refractivity contribution in [3.8, 4) is 0 Å². The number of nitrogens with two attached hydrogens (primary N) is 1. The lowest BCUT2D eigenvalue weighted by molar-refractivity contribution is 0.346. The summed E-state index contributed by atoms with van der Waals surface area (Å²) in [7, 11) is 2.01. The molecular formula is C13H22N4. The highest BCUT2D eigenvalue weighted by molar-refractivity contribution is 5.15. The van der Waals surface area contributed by atoms with Crippen LogP contribution in [-0.2, 0) is 7.05 Å². The predicted molar refractivity (Wildman–Crippen MR) is 66.6 cm³/mol. The van der Waals surface area contributed by atoms with Crippen LogP contribution in [0.3, 0.4) is 0 Å². The van der Waals surface area contributed by atoms with Gasteiger partial charge in [-0.3, -0.25) is 4.68 Å². The van der Waals surface area contributed by atoms with Crippen molar-refractivity contribution >= 4 is 0 Å². The van der Waals surface area contributed by atoms with E-state index in [-0.39, 0.29) is 0 Å². The minimum Gasteiger partial charge on any atom is -0.327 e. The van der Waals surface area contributed by atoms with Crippen molar-refractivity contribution in [2.75, 3.05) is 0 Å². The third-order valence-corrected chi connectivity index (χ3v) is 4.61. The average Bonchev–Trinajstić information content (AvgIpc) is 2.92. The molecule has 0 aromatic carbocycles. The Labute approximate surface area is 103 Å². The van der Waals surface area contributed by atoms with E-state index in [9.17, 15) is 0 Å². The first-order valence-electron chi connectivity index (χ1n) is 6.74. The molecule has 0 radical (unpaired) electrons. The molecule has 3 rings (SSSR count). The van der Waals surface area contributed by atoms with Gasteiger partial charge in [0, 0.05) is 24.9 Å². The van der Waals surface area contributed by atoms with Gasteiger partial charge < -0.3 is 5.73 Å². The molecule has 17 heavy (non-hydrogen) atoms. The predicted octanol–water partition coefficient (Wildman–Crippen LogP) is 1.78. The zero-order chi connectivity index (χ0) is 12.2. The molecular weight excluding hydrogens is 212 g/mol. The van der Waals surface area contributed by atoms with Crippen LogP contribution in [0.25, 0.3) is 0 Å². The molecule has 4 nitrogen and oxygen atoms in total. The molecule has 4 unspecified atom stereocenters. The molecule has 2 bridgehead atoms. The van der Waals surface area contributed by atoms with Crippen LogP contribution in [0.5, 0.6) is 0 Å². The summed E-state index contributed by atoms with van der Waals surface area (Å²) < 4.78 is 1.96. The monoisotopic (exact) mass is 234 g/mol. The molecule has 1 aromatic heterocycles. The first kappa shape index (κ1) is 11.2. The summed E-state index contributed by atoms with van der Waals surface area (Å²) in [6, 6.07) is 0.302. The van der Waals surface area contributed by atoms with Gasteiger partial charge in [-0.05, 0) is 31.1 Å². The van der Waals surface area contributed by atoms with Gasteiger partial charge in [0.2, 0.25) is 0 Å². The number of rotatable bonds is 2. The molecule has 0 spiro atoms. The fourth-order valence-electron chi connectivity index (χ4n) is 3.67. The van der Waals surface area contributed by atoms with Gasteiger partial charge in [-0.25, -0.2) is 4.98 Å². The van der Waals surface area contributed by atoms with Gasteiger partial charge in [0.15, 0.2) is 5.82 Å². The second kappa shape index (κ2) is 3.80. The van der Waals surface area contributed by atoms with Crippen molar-refractivity contribution in [3.05, 3.63) is 11.6 Å². The second-order valence-corrected chi connectivity index (χ2v) is 6.04. The number of nitrogens with zero attached hydrogens (tertiary/aromatic N) is 3. The summed E-state index contributed by atoms with van der Waals surface area (Å²) in [5.41, 5.74) is 6.37. The van der Waals surface area contributed by atoms with Crippen molar-refractivity contribution < 1.29 is 0 Å². The lowest BCUT2D eigenvalue weighted by Gasteiger charge is -2.26. The first-order chi connectivity index (χ1) is 8.08. The molecule has 2 aliphatic carbocycles. The van der Waals surface area contributed by atoms with E-state index >= 15 is 0 Å². The fraction of sp³-hybridized carbons (Fsp3) is 0.846. The summed E-state index contributed by atoms with van der Waals surface area (Å²) in [6.07, 6.45) is 3.94.